The van der Waals surface area contributed by atoms with Gasteiger partial charge in [-0.1, -0.05) is 0 Å². The molecule has 2 amide bonds. The summed E-state index contributed by atoms with van der Waals surface area (Å²) in [5.41, 5.74) is 0. The minimum atomic E-state index is -0.131. The standard InChI is InChI=1S/C8H16N2O2/c1-9-8(12)10(2)5-6-3-7(11)4-6/h6-7,11H,3-5H2,1-2H3,(H,9,12). The van der Waals surface area contributed by atoms with Crippen LogP contribution in [0.2, 0.25) is 0 Å². The van der Waals surface area contributed by atoms with Crippen molar-refractivity contribution >= 4 is 6.03 Å². The first-order chi connectivity index (χ1) is 5.63. The Morgan fingerprint density at radius 2 is 2.25 bits per heavy atom. The quantitative estimate of drug-likeness (QED) is 0.617. The maximum Gasteiger partial charge on any atom is 0.316 e. The number of carbonyl (C=O) groups is 1. The third-order valence-electron chi connectivity index (χ3n) is 2.30. The molecule has 0 aromatic carbocycles. The summed E-state index contributed by atoms with van der Waals surface area (Å²) in [7, 11) is 3.39. The second-order valence-electron chi connectivity index (χ2n) is 3.43. The van der Waals surface area contributed by atoms with Gasteiger partial charge in [-0.25, -0.2) is 4.79 Å². The van der Waals surface area contributed by atoms with Crippen molar-refractivity contribution in [2.45, 2.75) is 18.9 Å². The van der Waals surface area contributed by atoms with E-state index in [1.54, 1.807) is 19.0 Å². The highest BCUT2D eigenvalue weighted by atomic mass is 16.3. The van der Waals surface area contributed by atoms with Crippen molar-refractivity contribution in [3.05, 3.63) is 0 Å². The van der Waals surface area contributed by atoms with E-state index in [1.807, 2.05) is 0 Å². The van der Waals surface area contributed by atoms with E-state index >= 15 is 0 Å². The molecule has 0 spiro atoms. The molecule has 70 valence electrons. The van der Waals surface area contributed by atoms with E-state index in [9.17, 15) is 4.79 Å². The lowest BCUT2D eigenvalue weighted by atomic mass is 9.82. The number of rotatable bonds is 2. The van der Waals surface area contributed by atoms with Gasteiger partial charge in [0.1, 0.15) is 0 Å². The highest BCUT2D eigenvalue weighted by Crippen LogP contribution is 2.27. The Morgan fingerprint density at radius 1 is 1.67 bits per heavy atom. The molecule has 4 heteroatoms. The molecule has 0 saturated heterocycles. The van der Waals surface area contributed by atoms with Gasteiger partial charge < -0.3 is 15.3 Å². The van der Waals surface area contributed by atoms with Crippen molar-refractivity contribution < 1.29 is 9.90 Å². The number of hydrogen-bond acceptors (Lipinski definition) is 2. The molecular weight excluding hydrogens is 156 g/mol. The van der Waals surface area contributed by atoms with Crippen LogP contribution < -0.4 is 5.32 Å². The zero-order valence-electron chi connectivity index (χ0n) is 7.58. The van der Waals surface area contributed by atoms with Crippen LogP contribution in [0.1, 0.15) is 12.8 Å². The lowest BCUT2D eigenvalue weighted by Crippen LogP contribution is -2.42. The summed E-state index contributed by atoms with van der Waals surface area (Å²) < 4.78 is 0. The fraction of sp³-hybridized carbons (Fsp3) is 0.875. The first-order valence-electron chi connectivity index (χ1n) is 4.24. The van der Waals surface area contributed by atoms with E-state index in [1.165, 1.54) is 0 Å². The summed E-state index contributed by atoms with van der Waals surface area (Å²) in [6.07, 6.45) is 1.54. The lowest BCUT2D eigenvalue weighted by Gasteiger charge is -2.34. The molecule has 0 bridgehead atoms. The summed E-state index contributed by atoms with van der Waals surface area (Å²) >= 11 is 0. The predicted octanol–water partition coefficient (Wildman–Crippen LogP) is 0.0285. The van der Waals surface area contributed by atoms with Gasteiger partial charge in [-0.2, -0.15) is 0 Å². The predicted molar refractivity (Wildman–Crippen MR) is 45.8 cm³/mol. The first-order valence-corrected chi connectivity index (χ1v) is 4.24. The minimum Gasteiger partial charge on any atom is -0.393 e. The molecule has 0 radical (unpaired) electrons. The van der Waals surface area contributed by atoms with Crippen LogP contribution in [0.3, 0.4) is 0 Å². The monoisotopic (exact) mass is 172 g/mol. The maximum atomic E-state index is 11.0. The van der Waals surface area contributed by atoms with Gasteiger partial charge in [0.2, 0.25) is 0 Å². The minimum absolute atomic E-state index is 0.0589. The van der Waals surface area contributed by atoms with Gasteiger partial charge in [-0.05, 0) is 18.8 Å². The number of urea groups is 1. The largest absolute Gasteiger partial charge is 0.393 e. The Labute approximate surface area is 72.6 Å². The van der Waals surface area contributed by atoms with Gasteiger partial charge in [0.25, 0.3) is 0 Å². The summed E-state index contributed by atoms with van der Waals surface area (Å²) in [6, 6.07) is -0.0589. The molecule has 0 aromatic rings. The smallest absolute Gasteiger partial charge is 0.316 e. The molecule has 0 atom stereocenters. The van der Waals surface area contributed by atoms with E-state index < -0.39 is 0 Å². The lowest BCUT2D eigenvalue weighted by molar-refractivity contribution is 0.0326. The van der Waals surface area contributed by atoms with Crippen molar-refractivity contribution in [1.29, 1.82) is 0 Å². The number of carbonyl (C=O) groups excluding carboxylic acids is 1. The van der Waals surface area contributed by atoms with E-state index in [2.05, 4.69) is 5.32 Å². The molecule has 0 aliphatic heterocycles. The summed E-state index contributed by atoms with van der Waals surface area (Å²) in [6.45, 7) is 0.747. The van der Waals surface area contributed by atoms with Crippen molar-refractivity contribution in [3.63, 3.8) is 0 Å². The number of nitrogens with zero attached hydrogens (tertiary/aromatic N) is 1. The van der Waals surface area contributed by atoms with Gasteiger partial charge in [0.05, 0.1) is 6.10 Å². The third kappa shape index (κ3) is 2.11. The van der Waals surface area contributed by atoms with E-state index in [-0.39, 0.29) is 12.1 Å². The molecule has 0 aromatic heterocycles. The highest BCUT2D eigenvalue weighted by molar-refractivity contribution is 5.73. The number of amides is 2. The van der Waals surface area contributed by atoms with Gasteiger partial charge in [0.15, 0.2) is 0 Å². The van der Waals surface area contributed by atoms with E-state index in [0.29, 0.717) is 5.92 Å². The second-order valence-corrected chi connectivity index (χ2v) is 3.43. The van der Waals surface area contributed by atoms with Crippen LogP contribution in [0.25, 0.3) is 0 Å². The zero-order valence-corrected chi connectivity index (χ0v) is 7.58. The van der Waals surface area contributed by atoms with Gasteiger partial charge in [-0.15, -0.1) is 0 Å². The number of hydrogen-bond donors (Lipinski definition) is 2. The van der Waals surface area contributed by atoms with Crippen LogP contribution in [-0.4, -0.2) is 42.8 Å². The Balaban J connectivity index is 2.18. The SMILES string of the molecule is CNC(=O)N(C)CC1CC(O)C1. The molecule has 12 heavy (non-hydrogen) atoms. The van der Waals surface area contributed by atoms with Crippen LogP contribution in [0.5, 0.6) is 0 Å². The van der Waals surface area contributed by atoms with Crippen molar-refractivity contribution in [3.8, 4) is 0 Å². The van der Waals surface area contributed by atoms with Gasteiger partial charge >= 0.3 is 6.03 Å². The van der Waals surface area contributed by atoms with Crippen LogP contribution in [0, 0.1) is 5.92 Å². The normalized spacial score (nSPS) is 27.6. The number of aliphatic hydroxyl groups excluding tert-OH is 1. The molecular formula is C8H16N2O2. The molecule has 1 aliphatic rings. The van der Waals surface area contributed by atoms with Crippen molar-refractivity contribution in [2.75, 3.05) is 20.6 Å². The van der Waals surface area contributed by atoms with Crippen LogP contribution in [0.4, 0.5) is 4.79 Å². The zero-order chi connectivity index (χ0) is 9.14. The Bertz CT molecular complexity index is 166. The Hall–Kier alpha value is -0.770. The van der Waals surface area contributed by atoms with E-state index in [4.69, 9.17) is 5.11 Å². The summed E-state index contributed by atoms with van der Waals surface area (Å²) in [5.74, 6) is 0.488. The van der Waals surface area contributed by atoms with Crippen molar-refractivity contribution in [1.82, 2.24) is 10.2 Å². The molecule has 1 aliphatic carbocycles. The van der Waals surface area contributed by atoms with Crippen LogP contribution >= 0.6 is 0 Å². The van der Waals surface area contributed by atoms with Gasteiger partial charge in [0, 0.05) is 20.6 Å². The van der Waals surface area contributed by atoms with Gasteiger partial charge in [-0.3, -0.25) is 0 Å². The summed E-state index contributed by atoms with van der Waals surface area (Å²) in [4.78, 5) is 12.7. The number of aliphatic hydroxyl groups is 1. The molecule has 4 nitrogen and oxygen atoms in total. The summed E-state index contributed by atoms with van der Waals surface area (Å²) in [5, 5.41) is 11.6. The van der Waals surface area contributed by atoms with E-state index in [0.717, 1.165) is 19.4 Å². The maximum absolute atomic E-state index is 11.0. The topological polar surface area (TPSA) is 52.6 Å². The van der Waals surface area contributed by atoms with Crippen molar-refractivity contribution in [2.24, 2.45) is 5.92 Å². The number of nitrogens with one attached hydrogen (secondary N) is 1. The average Bonchev–Trinajstić information content (AvgIpc) is 2.00. The molecule has 2 N–H and O–H groups in total. The second kappa shape index (κ2) is 3.76. The van der Waals surface area contributed by atoms with Crippen LogP contribution in [-0.2, 0) is 0 Å². The highest BCUT2D eigenvalue weighted by Gasteiger charge is 2.28. The molecule has 1 saturated carbocycles. The molecule has 0 unspecified atom stereocenters. The molecule has 0 heterocycles. The third-order valence-corrected chi connectivity index (χ3v) is 2.30. The Morgan fingerprint density at radius 3 is 2.67 bits per heavy atom. The fourth-order valence-electron chi connectivity index (χ4n) is 1.51. The molecule has 1 fully saturated rings. The molecule has 1 rings (SSSR count). The van der Waals surface area contributed by atoms with Crippen LogP contribution in [0.15, 0.2) is 0 Å². The fourth-order valence-corrected chi connectivity index (χ4v) is 1.51. The Kier molecular flexibility index (Phi) is 2.92. The average molecular weight is 172 g/mol. The first kappa shape index (κ1) is 9.32.